The molecule has 4 aromatic rings. The van der Waals surface area contributed by atoms with Crippen LogP contribution in [0, 0.1) is 17.6 Å². The van der Waals surface area contributed by atoms with E-state index in [4.69, 9.17) is 4.74 Å². The molecule has 6 nitrogen and oxygen atoms in total. The van der Waals surface area contributed by atoms with Crippen LogP contribution in [-0.2, 0) is 29.5 Å². The fourth-order valence-electron chi connectivity index (χ4n) is 4.41. The molecule has 0 saturated heterocycles. The van der Waals surface area contributed by atoms with E-state index < -0.39 is 33.3 Å². The van der Waals surface area contributed by atoms with Crippen molar-refractivity contribution in [3.8, 4) is 5.75 Å². The van der Waals surface area contributed by atoms with Crippen molar-refractivity contribution >= 4 is 37.3 Å². The lowest BCUT2D eigenvalue weighted by Gasteiger charge is -2.16. The number of nitrogens with one attached hydrogen (secondary N) is 1. The van der Waals surface area contributed by atoms with Gasteiger partial charge in [-0.2, -0.15) is 21.6 Å². The van der Waals surface area contributed by atoms with Gasteiger partial charge in [0.05, 0.1) is 16.3 Å². The standard InChI is InChI=1S/C25H19F5N2O4S2/c26-19-10-21-22(11-20(19)27)37-23(31-21)12-36-17-5-4-14-8-15(24(33)18(14)9-17)6-13-2-1-3-16(7-13)32-38(34,35)25(28,29)30/h1-5,7,9-11,15,24,32-33H,6,8,12H2. The average Bonchev–Trinajstić information content (AvgIpc) is 3.37. The zero-order valence-corrected chi connectivity index (χ0v) is 20.9. The smallest absolute Gasteiger partial charge is 0.486 e. The van der Waals surface area contributed by atoms with Crippen molar-refractivity contribution in [3.05, 3.63) is 87.9 Å². The molecule has 0 spiro atoms. The van der Waals surface area contributed by atoms with Crippen LogP contribution in [0.1, 0.15) is 27.8 Å². The highest BCUT2D eigenvalue weighted by Gasteiger charge is 2.46. The van der Waals surface area contributed by atoms with E-state index in [2.05, 4.69) is 4.98 Å². The van der Waals surface area contributed by atoms with E-state index in [0.29, 0.717) is 44.9 Å². The highest BCUT2D eigenvalue weighted by molar-refractivity contribution is 7.93. The van der Waals surface area contributed by atoms with Gasteiger partial charge in [0, 0.05) is 11.8 Å². The van der Waals surface area contributed by atoms with Gasteiger partial charge in [-0.1, -0.05) is 18.2 Å². The minimum Gasteiger partial charge on any atom is -0.486 e. The number of sulfonamides is 1. The average molecular weight is 571 g/mol. The van der Waals surface area contributed by atoms with Crippen LogP contribution in [-0.4, -0.2) is 24.0 Å². The van der Waals surface area contributed by atoms with Gasteiger partial charge in [0.2, 0.25) is 0 Å². The van der Waals surface area contributed by atoms with E-state index in [9.17, 15) is 35.5 Å². The molecule has 0 saturated carbocycles. The predicted molar refractivity (Wildman–Crippen MR) is 131 cm³/mol. The summed E-state index contributed by atoms with van der Waals surface area (Å²) in [4.78, 5) is 4.25. The van der Waals surface area contributed by atoms with Gasteiger partial charge in [0.15, 0.2) is 11.6 Å². The molecular weight excluding hydrogens is 551 g/mol. The molecular formula is C25H19F5N2O4S2. The van der Waals surface area contributed by atoms with E-state index in [1.807, 2.05) is 6.07 Å². The third-order valence-corrected chi connectivity index (χ3v) is 8.29. The Labute approximate surface area is 217 Å². The fourth-order valence-corrected chi connectivity index (χ4v) is 5.85. The summed E-state index contributed by atoms with van der Waals surface area (Å²) in [7, 11) is -5.54. The van der Waals surface area contributed by atoms with Crippen molar-refractivity contribution in [1.29, 1.82) is 0 Å². The van der Waals surface area contributed by atoms with E-state index in [1.54, 1.807) is 18.2 Å². The molecule has 3 aromatic carbocycles. The molecule has 1 aliphatic rings. The van der Waals surface area contributed by atoms with Crippen LogP contribution in [0.4, 0.5) is 27.6 Å². The Hall–Kier alpha value is -3.29. The van der Waals surface area contributed by atoms with E-state index in [1.165, 1.54) is 34.3 Å². The number of fused-ring (bicyclic) bond motifs is 2. The molecule has 13 heteroatoms. The second-order valence-corrected chi connectivity index (χ2v) is 11.6. The van der Waals surface area contributed by atoms with Crippen molar-refractivity contribution in [2.75, 3.05) is 4.72 Å². The summed E-state index contributed by atoms with van der Waals surface area (Å²) in [5.74, 6) is -1.76. The van der Waals surface area contributed by atoms with Crippen LogP contribution >= 0.6 is 11.3 Å². The van der Waals surface area contributed by atoms with Crippen LogP contribution < -0.4 is 9.46 Å². The predicted octanol–water partition coefficient (Wildman–Crippen LogP) is 5.86. The third kappa shape index (κ3) is 5.31. The normalized spacial score (nSPS) is 17.5. The summed E-state index contributed by atoms with van der Waals surface area (Å²) in [5.41, 5.74) is -3.24. The van der Waals surface area contributed by atoms with Crippen LogP contribution in [0.3, 0.4) is 0 Å². The lowest BCUT2D eigenvalue weighted by atomic mass is 9.94. The quantitative estimate of drug-likeness (QED) is 0.272. The Morgan fingerprint density at radius 1 is 1.08 bits per heavy atom. The largest absolute Gasteiger partial charge is 0.516 e. The van der Waals surface area contributed by atoms with Gasteiger partial charge >= 0.3 is 15.5 Å². The fraction of sp³-hybridized carbons (Fsp3) is 0.240. The molecule has 5 rings (SSSR count). The Balaban J connectivity index is 1.25. The molecule has 0 aliphatic heterocycles. The molecule has 1 aromatic heterocycles. The molecule has 2 atom stereocenters. The second kappa shape index (κ2) is 9.79. The lowest BCUT2D eigenvalue weighted by Crippen LogP contribution is -2.29. The van der Waals surface area contributed by atoms with Crippen molar-refractivity contribution in [3.63, 3.8) is 0 Å². The first-order valence-corrected chi connectivity index (χ1v) is 13.6. The van der Waals surface area contributed by atoms with Gasteiger partial charge < -0.3 is 9.84 Å². The highest BCUT2D eigenvalue weighted by atomic mass is 32.2. The number of benzene rings is 3. The van der Waals surface area contributed by atoms with Crippen molar-refractivity contribution in [2.45, 2.75) is 31.1 Å². The summed E-state index contributed by atoms with van der Waals surface area (Å²) < 4.78 is 95.6. The van der Waals surface area contributed by atoms with Gasteiger partial charge in [-0.25, -0.2) is 13.8 Å². The minimum atomic E-state index is -5.54. The number of rotatable bonds is 7. The summed E-state index contributed by atoms with van der Waals surface area (Å²) in [6.07, 6.45) is -0.0750. The summed E-state index contributed by atoms with van der Waals surface area (Å²) in [6.45, 7) is 0.0571. The number of anilines is 1. The summed E-state index contributed by atoms with van der Waals surface area (Å²) >= 11 is 1.18. The first-order chi connectivity index (χ1) is 17.9. The lowest BCUT2D eigenvalue weighted by molar-refractivity contribution is -0.0429. The Kier molecular flexibility index (Phi) is 6.78. The summed E-state index contributed by atoms with van der Waals surface area (Å²) in [5, 5.41) is 11.4. The minimum absolute atomic E-state index is 0.0571. The number of alkyl halides is 3. The molecule has 0 radical (unpaired) electrons. The molecule has 0 bridgehead atoms. The van der Waals surface area contributed by atoms with Crippen molar-refractivity contribution in [2.24, 2.45) is 5.92 Å². The first-order valence-electron chi connectivity index (χ1n) is 11.3. The number of halogens is 5. The van der Waals surface area contributed by atoms with Gasteiger partial charge in [-0.05, 0) is 65.8 Å². The maximum Gasteiger partial charge on any atom is 0.516 e. The van der Waals surface area contributed by atoms with Crippen LogP contribution in [0.5, 0.6) is 5.75 Å². The zero-order chi connectivity index (χ0) is 27.2. The number of aliphatic hydroxyl groups excluding tert-OH is 1. The topological polar surface area (TPSA) is 88.5 Å². The number of aromatic nitrogens is 1. The number of aliphatic hydroxyl groups is 1. The van der Waals surface area contributed by atoms with Crippen LogP contribution in [0.15, 0.2) is 54.6 Å². The van der Waals surface area contributed by atoms with Gasteiger partial charge in [0.1, 0.15) is 17.4 Å². The molecule has 1 aliphatic carbocycles. The van der Waals surface area contributed by atoms with E-state index >= 15 is 0 Å². The number of hydrogen-bond donors (Lipinski definition) is 2. The Morgan fingerprint density at radius 3 is 2.61 bits per heavy atom. The molecule has 2 unspecified atom stereocenters. The number of ether oxygens (including phenoxy) is 1. The number of nitrogens with zero attached hydrogens (tertiary/aromatic N) is 1. The highest BCUT2D eigenvalue weighted by Crippen LogP contribution is 2.40. The SMILES string of the molecule is O=S(=O)(Nc1cccc(CC2Cc3ccc(OCc4nc5cc(F)c(F)cc5s4)cc3C2O)c1)C(F)(F)F. The number of hydrogen-bond acceptors (Lipinski definition) is 6. The van der Waals surface area contributed by atoms with Crippen LogP contribution in [0.25, 0.3) is 10.2 Å². The Bertz CT molecular complexity index is 1580. The zero-order valence-electron chi connectivity index (χ0n) is 19.3. The number of thiazole rings is 1. The maximum atomic E-state index is 13.5. The van der Waals surface area contributed by atoms with E-state index in [0.717, 1.165) is 17.7 Å². The Morgan fingerprint density at radius 2 is 1.84 bits per heavy atom. The summed E-state index contributed by atoms with van der Waals surface area (Å²) in [6, 6.07) is 13.0. The van der Waals surface area contributed by atoms with Crippen LogP contribution in [0.2, 0.25) is 0 Å². The van der Waals surface area contributed by atoms with Gasteiger partial charge in [-0.15, -0.1) is 11.3 Å². The van der Waals surface area contributed by atoms with Crippen molar-refractivity contribution < 1.29 is 40.2 Å². The van der Waals surface area contributed by atoms with Gasteiger partial charge in [0.25, 0.3) is 0 Å². The monoisotopic (exact) mass is 570 g/mol. The second-order valence-electron chi connectivity index (χ2n) is 8.86. The third-order valence-electron chi connectivity index (χ3n) is 6.18. The molecule has 1 heterocycles. The molecule has 200 valence electrons. The molecule has 0 amide bonds. The molecule has 2 N–H and O–H groups in total. The maximum absolute atomic E-state index is 13.5. The van der Waals surface area contributed by atoms with Gasteiger partial charge in [-0.3, -0.25) is 4.72 Å². The van der Waals surface area contributed by atoms with Crippen molar-refractivity contribution in [1.82, 2.24) is 4.98 Å². The van der Waals surface area contributed by atoms with E-state index in [-0.39, 0.29) is 18.2 Å². The first kappa shape index (κ1) is 26.3. The molecule has 0 fully saturated rings. The molecule has 38 heavy (non-hydrogen) atoms.